The van der Waals surface area contributed by atoms with Gasteiger partial charge in [0.05, 0.1) is 23.5 Å². The predicted octanol–water partition coefficient (Wildman–Crippen LogP) is 4.28. The molecule has 0 unspecified atom stereocenters. The van der Waals surface area contributed by atoms with E-state index < -0.39 is 0 Å². The number of likely N-dealkylation sites (N-methyl/N-ethyl adjacent to an activating group) is 1. The van der Waals surface area contributed by atoms with Crippen LogP contribution in [0.3, 0.4) is 0 Å². The molecule has 10 heteroatoms. The fourth-order valence-corrected chi connectivity index (χ4v) is 3.48. The molecule has 0 fully saturated rings. The van der Waals surface area contributed by atoms with Crippen LogP contribution in [0.5, 0.6) is 5.75 Å². The van der Waals surface area contributed by atoms with E-state index in [0.717, 1.165) is 11.0 Å². The highest BCUT2D eigenvalue weighted by Gasteiger charge is 2.13. The number of nitrogens with zero attached hydrogens (tertiary/aromatic N) is 5. The quantitative estimate of drug-likeness (QED) is 0.365. The van der Waals surface area contributed by atoms with Gasteiger partial charge in [0, 0.05) is 42.7 Å². The molecule has 2 N–H and O–H groups in total. The van der Waals surface area contributed by atoms with Gasteiger partial charge in [0.15, 0.2) is 0 Å². The summed E-state index contributed by atoms with van der Waals surface area (Å²) >= 11 is 6.36. The Morgan fingerprint density at radius 2 is 2.03 bits per heavy atom. The minimum atomic E-state index is -0.287. The molecule has 0 atom stereocenters. The van der Waals surface area contributed by atoms with Crippen LogP contribution in [0.15, 0.2) is 67.1 Å². The zero-order valence-corrected chi connectivity index (χ0v) is 19.7. The molecule has 0 aliphatic carbocycles. The smallest absolute Gasteiger partial charge is 0.248 e. The van der Waals surface area contributed by atoms with Gasteiger partial charge in [0.1, 0.15) is 17.2 Å². The summed E-state index contributed by atoms with van der Waals surface area (Å²) in [6.07, 6.45) is 8.54. The van der Waals surface area contributed by atoms with Gasteiger partial charge >= 0.3 is 0 Å². The Morgan fingerprint density at radius 3 is 2.82 bits per heavy atom. The monoisotopic (exact) mass is 477 g/mol. The zero-order chi connectivity index (χ0) is 24.1. The first kappa shape index (κ1) is 23.2. The third-order valence-corrected chi connectivity index (χ3v) is 5.18. The highest BCUT2D eigenvalue weighted by atomic mass is 35.5. The van der Waals surface area contributed by atoms with E-state index in [1.165, 1.54) is 13.2 Å². The lowest BCUT2D eigenvalue weighted by atomic mass is 10.2. The van der Waals surface area contributed by atoms with E-state index in [4.69, 9.17) is 16.3 Å². The summed E-state index contributed by atoms with van der Waals surface area (Å²) in [5.41, 5.74) is 1.77. The number of hydrogen-bond donors (Lipinski definition) is 2. The van der Waals surface area contributed by atoms with Crippen molar-refractivity contribution < 1.29 is 9.53 Å². The first-order valence-corrected chi connectivity index (χ1v) is 10.8. The summed E-state index contributed by atoms with van der Waals surface area (Å²) < 4.78 is 7.34. The van der Waals surface area contributed by atoms with Gasteiger partial charge in [-0.1, -0.05) is 17.7 Å². The van der Waals surface area contributed by atoms with E-state index >= 15 is 0 Å². The summed E-state index contributed by atoms with van der Waals surface area (Å²) in [6.45, 7) is 0.649. The number of benzene rings is 1. The lowest BCUT2D eigenvalue weighted by molar-refractivity contribution is -0.111. The van der Waals surface area contributed by atoms with Gasteiger partial charge in [0.2, 0.25) is 11.9 Å². The van der Waals surface area contributed by atoms with Crippen LogP contribution in [0.4, 0.5) is 17.3 Å². The standard InChI is InChI=1S/C24H24ClN7O2/c1-31(2)12-5-7-22(33)28-18-15-19(20(34-3)14-17(18)25)29-24-27-11-8-21(30-24)32-13-9-16-6-4-10-26-23(16)32/h4-11,13-15H,12H2,1-3H3,(H,28,33)(H,27,29,30)/b7-5+. The van der Waals surface area contributed by atoms with Gasteiger partial charge in [-0.2, -0.15) is 4.98 Å². The van der Waals surface area contributed by atoms with Crippen molar-refractivity contribution in [3.8, 4) is 11.6 Å². The highest BCUT2D eigenvalue weighted by Crippen LogP contribution is 2.35. The van der Waals surface area contributed by atoms with Crippen LogP contribution in [-0.4, -0.2) is 58.1 Å². The Bertz CT molecular complexity index is 1350. The van der Waals surface area contributed by atoms with Crippen LogP contribution in [0.25, 0.3) is 16.9 Å². The first-order chi connectivity index (χ1) is 16.4. The third kappa shape index (κ3) is 5.33. The number of methoxy groups -OCH3 is 1. The van der Waals surface area contributed by atoms with Crippen LogP contribution < -0.4 is 15.4 Å². The second-order valence-electron chi connectivity index (χ2n) is 7.65. The number of nitrogens with one attached hydrogen (secondary N) is 2. The molecule has 34 heavy (non-hydrogen) atoms. The van der Waals surface area contributed by atoms with E-state index in [1.807, 2.05) is 48.0 Å². The Balaban J connectivity index is 1.60. The summed E-state index contributed by atoms with van der Waals surface area (Å²) in [5, 5.41) is 7.30. The molecule has 0 aliphatic rings. The molecule has 1 amide bonds. The average molecular weight is 478 g/mol. The molecule has 9 nitrogen and oxygen atoms in total. The maximum atomic E-state index is 12.3. The second kappa shape index (κ2) is 10.3. The molecule has 174 valence electrons. The molecular formula is C24H24ClN7O2. The molecule has 0 spiro atoms. The number of rotatable bonds is 8. The fourth-order valence-electron chi connectivity index (χ4n) is 3.28. The van der Waals surface area contributed by atoms with Crippen molar-refractivity contribution >= 4 is 45.9 Å². The second-order valence-corrected chi connectivity index (χ2v) is 8.06. The largest absolute Gasteiger partial charge is 0.495 e. The van der Waals surface area contributed by atoms with Gasteiger partial charge in [0.25, 0.3) is 0 Å². The molecule has 1 aromatic carbocycles. The van der Waals surface area contributed by atoms with Gasteiger partial charge in [-0.3, -0.25) is 9.36 Å². The van der Waals surface area contributed by atoms with E-state index in [-0.39, 0.29) is 5.91 Å². The van der Waals surface area contributed by atoms with Crippen molar-refractivity contribution in [1.82, 2.24) is 24.4 Å². The molecular weight excluding hydrogens is 454 g/mol. The van der Waals surface area contributed by atoms with Crippen LogP contribution >= 0.6 is 11.6 Å². The summed E-state index contributed by atoms with van der Waals surface area (Å²) in [7, 11) is 5.38. The summed E-state index contributed by atoms with van der Waals surface area (Å²) in [5.74, 6) is 1.19. The normalized spacial score (nSPS) is 11.3. The molecule has 4 rings (SSSR count). The van der Waals surface area contributed by atoms with Gasteiger partial charge in [-0.05, 0) is 44.4 Å². The Morgan fingerprint density at radius 1 is 1.18 bits per heavy atom. The highest BCUT2D eigenvalue weighted by molar-refractivity contribution is 6.34. The molecule has 3 aromatic heterocycles. The third-order valence-electron chi connectivity index (χ3n) is 4.87. The maximum absolute atomic E-state index is 12.3. The molecule has 3 heterocycles. The maximum Gasteiger partial charge on any atom is 0.248 e. The van der Waals surface area contributed by atoms with E-state index in [2.05, 4.69) is 25.6 Å². The topological polar surface area (TPSA) is 97.2 Å². The van der Waals surface area contributed by atoms with Crippen molar-refractivity contribution in [2.45, 2.75) is 0 Å². The summed E-state index contributed by atoms with van der Waals surface area (Å²) in [6, 6.07) is 11.0. The number of aromatic nitrogens is 4. The van der Waals surface area contributed by atoms with Crippen LogP contribution in [-0.2, 0) is 4.79 Å². The van der Waals surface area contributed by atoms with E-state index in [1.54, 1.807) is 36.7 Å². The number of hydrogen-bond acceptors (Lipinski definition) is 7. The Kier molecular flexibility index (Phi) is 7.05. The van der Waals surface area contributed by atoms with Gasteiger partial charge < -0.3 is 20.3 Å². The van der Waals surface area contributed by atoms with Crippen molar-refractivity contribution in [3.63, 3.8) is 0 Å². The number of carbonyl (C=O) groups excluding carboxylic acids is 1. The SMILES string of the molecule is COc1cc(Cl)c(NC(=O)/C=C/CN(C)C)cc1Nc1nccc(-n2ccc3cccnc32)n1. The summed E-state index contributed by atoms with van der Waals surface area (Å²) in [4.78, 5) is 27.6. The number of halogens is 1. The Labute approximate surface area is 202 Å². The molecule has 0 saturated heterocycles. The van der Waals surface area contributed by atoms with Gasteiger partial charge in [-0.25, -0.2) is 9.97 Å². The molecule has 0 bridgehead atoms. The molecule has 4 aromatic rings. The van der Waals surface area contributed by atoms with E-state index in [0.29, 0.717) is 40.5 Å². The number of anilines is 3. The van der Waals surface area contributed by atoms with Crippen molar-refractivity contribution in [2.24, 2.45) is 0 Å². The van der Waals surface area contributed by atoms with Crippen molar-refractivity contribution in [2.75, 3.05) is 38.4 Å². The number of pyridine rings is 1. The van der Waals surface area contributed by atoms with Crippen LogP contribution in [0.2, 0.25) is 5.02 Å². The lowest BCUT2D eigenvalue weighted by Gasteiger charge is -2.14. The van der Waals surface area contributed by atoms with Crippen LogP contribution in [0, 0.1) is 0 Å². The number of ether oxygens (including phenoxy) is 1. The average Bonchev–Trinajstić information content (AvgIpc) is 3.25. The zero-order valence-electron chi connectivity index (χ0n) is 19.0. The minimum Gasteiger partial charge on any atom is -0.495 e. The van der Waals surface area contributed by atoms with Crippen molar-refractivity contribution in [1.29, 1.82) is 0 Å². The first-order valence-electron chi connectivity index (χ1n) is 10.5. The number of carbonyl (C=O) groups is 1. The van der Waals surface area contributed by atoms with E-state index in [9.17, 15) is 4.79 Å². The Hall–Kier alpha value is -3.95. The van der Waals surface area contributed by atoms with Crippen LogP contribution in [0.1, 0.15) is 0 Å². The molecule has 0 saturated carbocycles. The minimum absolute atomic E-state index is 0.287. The lowest BCUT2D eigenvalue weighted by Crippen LogP contribution is -2.13. The number of amides is 1. The predicted molar refractivity (Wildman–Crippen MR) is 134 cm³/mol. The molecule has 0 radical (unpaired) electrons. The molecule has 0 aliphatic heterocycles. The fraction of sp³-hybridized carbons (Fsp3) is 0.167. The van der Waals surface area contributed by atoms with Gasteiger partial charge in [-0.15, -0.1) is 0 Å². The van der Waals surface area contributed by atoms with Crippen molar-refractivity contribution in [3.05, 3.63) is 72.2 Å². The number of fused-ring (bicyclic) bond motifs is 1.